The molecule has 4 aromatic carbocycles. The second-order valence-corrected chi connectivity index (χ2v) is 7.44. The highest BCUT2D eigenvalue weighted by atomic mass is 16.1. The van der Waals surface area contributed by atoms with Crippen LogP contribution in [0.2, 0.25) is 0 Å². The van der Waals surface area contributed by atoms with E-state index in [1.807, 2.05) is 115 Å². The Hall–Kier alpha value is -4.11. The molecular weight excluding hydrogens is 380 g/mol. The van der Waals surface area contributed by atoms with Crippen LogP contribution in [0.1, 0.15) is 33.0 Å². The van der Waals surface area contributed by atoms with E-state index in [1.165, 1.54) is 0 Å². The summed E-state index contributed by atoms with van der Waals surface area (Å²) < 4.78 is 0. The maximum atomic E-state index is 13.2. The molecule has 1 aliphatic rings. The second kappa shape index (κ2) is 8.33. The molecule has 0 amide bonds. The van der Waals surface area contributed by atoms with Crippen molar-refractivity contribution < 1.29 is 4.79 Å². The monoisotopic (exact) mass is 400 g/mol. The summed E-state index contributed by atoms with van der Waals surface area (Å²) in [7, 11) is 0. The minimum atomic E-state index is -0.380. The zero-order chi connectivity index (χ0) is 21.0. The number of ketones is 1. The smallest absolute Gasteiger partial charge is 0.176 e. The molecule has 3 heteroatoms. The predicted molar refractivity (Wildman–Crippen MR) is 126 cm³/mol. The molecule has 0 aromatic heterocycles. The first-order valence-electron chi connectivity index (χ1n) is 10.3. The lowest BCUT2D eigenvalue weighted by Crippen LogP contribution is -2.13. The number of nitrogens with zero attached hydrogens (tertiary/aromatic N) is 2. The van der Waals surface area contributed by atoms with Crippen molar-refractivity contribution in [2.24, 2.45) is 9.98 Å². The van der Waals surface area contributed by atoms with E-state index in [0.29, 0.717) is 0 Å². The number of carbonyl (C=O) groups excluding carboxylic acids is 1. The van der Waals surface area contributed by atoms with Crippen molar-refractivity contribution in [3.63, 3.8) is 0 Å². The van der Waals surface area contributed by atoms with Crippen molar-refractivity contribution in [1.82, 2.24) is 0 Å². The van der Waals surface area contributed by atoms with E-state index in [0.717, 1.165) is 39.3 Å². The summed E-state index contributed by atoms with van der Waals surface area (Å²) in [5.41, 5.74) is 6.12. The van der Waals surface area contributed by atoms with E-state index < -0.39 is 0 Å². The van der Waals surface area contributed by atoms with Crippen molar-refractivity contribution >= 4 is 29.1 Å². The number of fused-ring (bicyclic) bond motifs is 1. The average molecular weight is 400 g/mol. The first-order chi connectivity index (χ1) is 15.3. The van der Waals surface area contributed by atoms with Crippen LogP contribution >= 0.6 is 0 Å². The lowest BCUT2D eigenvalue weighted by molar-refractivity contribution is 0.0988. The Morgan fingerprint density at radius 1 is 0.613 bits per heavy atom. The molecule has 0 heterocycles. The normalized spacial score (nSPS) is 16.7. The number of benzene rings is 4. The number of aliphatic imine (C=N–C) groups is 2. The average Bonchev–Trinajstić information content (AvgIpc) is 3.11. The van der Waals surface area contributed by atoms with Crippen LogP contribution in [0.4, 0.5) is 11.4 Å². The van der Waals surface area contributed by atoms with Gasteiger partial charge in [-0.3, -0.25) is 14.8 Å². The Morgan fingerprint density at radius 3 is 1.90 bits per heavy atom. The summed E-state index contributed by atoms with van der Waals surface area (Å²) in [6, 6.07) is 35.4. The summed E-state index contributed by atoms with van der Waals surface area (Å²) in [5, 5.41) is 0. The summed E-state index contributed by atoms with van der Waals surface area (Å²) in [6.07, 6.45) is 1.85. The number of Topliss-reactive ketones (excluding diaryl/α,β-unsaturated/α-hetero) is 1. The SMILES string of the molecule is O=C1c2ccccc2C(=Nc2ccc(N=Cc3ccccc3)cc2)C1c1ccccc1. The predicted octanol–water partition coefficient (Wildman–Crippen LogP) is 6.54. The van der Waals surface area contributed by atoms with Crippen LogP contribution in [0, 0.1) is 0 Å². The molecule has 0 radical (unpaired) electrons. The highest BCUT2D eigenvalue weighted by molar-refractivity contribution is 6.32. The lowest BCUT2D eigenvalue weighted by atomic mass is 9.93. The van der Waals surface area contributed by atoms with Gasteiger partial charge >= 0.3 is 0 Å². The van der Waals surface area contributed by atoms with Crippen molar-refractivity contribution in [1.29, 1.82) is 0 Å². The molecule has 0 fully saturated rings. The fourth-order valence-electron chi connectivity index (χ4n) is 3.88. The molecule has 0 aliphatic heterocycles. The van der Waals surface area contributed by atoms with E-state index in [9.17, 15) is 4.79 Å². The largest absolute Gasteiger partial charge is 0.293 e. The number of hydrogen-bond donors (Lipinski definition) is 0. The van der Waals surface area contributed by atoms with Gasteiger partial charge in [0, 0.05) is 17.3 Å². The zero-order valence-corrected chi connectivity index (χ0v) is 16.8. The molecule has 31 heavy (non-hydrogen) atoms. The van der Waals surface area contributed by atoms with Crippen LogP contribution in [-0.4, -0.2) is 17.7 Å². The number of carbonyl (C=O) groups is 1. The number of hydrogen-bond acceptors (Lipinski definition) is 3. The summed E-state index contributed by atoms with van der Waals surface area (Å²) in [6.45, 7) is 0. The molecule has 1 unspecified atom stereocenters. The molecule has 4 aromatic rings. The third kappa shape index (κ3) is 3.86. The van der Waals surface area contributed by atoms with Gasteiger partial charge in [-0.1, -0.05) is 84.9 Å². The molecule has 0 N–H and O–H groups in total. The third-order valence-corrected chi connectivity index (χ3v) is 5.40. The van der Waals surface area contributed by atoms with E-state index >= 15 is 0 Å². The highest BCUT2D eigenvalue weighted by Crippen LogP contribution is 2.36. The standard InChI is InChI=1S/C28H20N2O/c31-28-25-14-8-7-13-24(25)27(26(28)21-11-5-2-6-12-21)30-23-17-15-22(16-18-23)29-19-20-9-3-1-4-10-20/h1-19,26H. The van der Waals surface area contributed by atoms with Gasteiger partial charge < -0.3 is 0 Å². The highest BCUT2D eigenvalue weighted by Gasteiger charge is 2.37. The van der Waals surface area contributed by atoms with E-state index in [4.69, 9.17) is 4.99 Å². The van der Waals surface area contributed by atoms with Gasteiger partial charge in [0.25, 0.3) is 0 Å². The first-order valence-corrected chi connectivity index (χ1v) is 10.3. The zero-order valence-electron chi connectivity index (χ0n) is 16.8. The van der Waals surface area contributed by atoms with Gasteiger partial charge in [-0.15, -0.1) is 0 Å². The van der Waals surface area contributed by atoms with Gasteiger partial charge in [-0.2, -0.15) is 0 Å². The van der Waals surface area contributed by atoms with Crippen LogP contribution in [-0.2, 0) is 0 Å². The van der Waals surface area contributed by atoms with E-state index in [1.54, 1.807) is 0 Å². The molecule has 1 atom stereocenters. The Morgan fingerprint density at radius 2 is 1.19 bits per heavy atom. The summed E-state index contributed by atoms with van der Waals surface area (Å²) >= 11 is 0. The summed E-state index contributed by atoms with van der Waals surface area (Å²) in [5.74, 6) is -0.279. The molecule has 148 valence electrons. The van der Waals surface area contributed by atoms with Crippen LogP contribution in [0.25, 0.3) is 0 Å². The number of rotatable bonds is 4. The van der Waals surface area contributed by atoms with Crippen molar-refractivity contribution in [2.45, 2.75) is 5.92 Å². The molecule has 0 spiro atoms. The quantitative estimate of drug-likeness (QED) is 0.359. The Labute approximate surface area is 181 Å². The van der Waals surface area contributed by atoms with E-state index in [2.05, 4.69) is 4.99 Å². The van der Waals surface area contributed by atoms with Gasteiger partial charge in [0.1, 0.15) is 0 Å². The van der Waals surface area contributed by atoms with Crippen molar-refractivity contribution in [3.05, 3.63) is 131 Å². The van der Waals surface area contributed by atoms with Crippen LogP contribution in [0.3, 0.4) is 0 Å². The molecule has 5 rings (SSSR count). The Balaban J connectivity index is 1.49. The van der Waals surface area contributed by atoms with E-state index in [-0.39, 0.29) is 11.7 Å². The van der Waals surface area contributed by atoms with Crippen molar-refractivity contribution in [2.75, 3.05) is 0 Å². The molecule has 0 saturated carbocycles. The van der Waals surface area contributed by atoms with Crippen LogP contribution < -0.4 is 0 Å². The van der Waals surface area contributed by atoms with Crippen LogP contribution in [0.5, 0.6) is 0 Å². The minimum absolute atomic E-state index is 0.102. The minimum Gasteiger partial charge on any atom is -0.293 e. The third-order valence-electron chi connectivity index (χ3n) is 5.40. The summed E-state index contributed by atoms with van der Waals surface area (Å²) in [4.78, 5) is 22.6. The molecule has 0 saturated heterocycles. The molecule has 0 bridgehead atoms. The molecule has 1 aliphatic carbocycles. The second-order valence-electron chi connectivity index (χ2n) is 7.44. The van der Waals surface area contributed by atoms with Gasteiger partial charge in [0.2, 0.25) is 0 Å². The molecular formula is C28H20N2O. The maximum Gasteiger partial charge on any atom is 0.176 e. The first kappa shape index (κ1) is 18.9. The van der Waals surface area contributed by atoms with Crippen molar-refractivity contribution in [3.8, 4) is 0 Å². The van der Waals surface area contributed by atoms with Crippen LogP contribution in [0.15, 0.2) is 119 Å². The topological polar surface area (TPSA) is 41.8 Å². The lowest BCUT2D eigenvalue weighted by Gasteiger charge is -2.11. The fourth-order valence-corrected chi connectivity index (χ4v) is 3.88. The van der Waals surface area contributed by atoms with Gasteiger partial charge in [0.15, 0.2) is 5.78 Å². The Bertz CT molecular complexity index is 1270. The molecule has 3 nitrogen and oxygen atoms in total. The Kier molecular flexibility index (Phi) is 5.07. The fraction of sp³-hybridized carbons (Fsp3) is 0.0357. The maximum absolute atomic E-state index is 13.2. The van der Waals surface area contributed by atoms with Gasteiger partial charge in [0.05, 0.1) is 23.0 Å². The van der Waals surface area contributed by atoms with Gasteiger partial charge in [-0.05, 0) is 35.4 Å². The van der Waals surface area contributed by atoms with Gasteiger partial charge in [-0.25, -0.2) is 0 Å².